The van der Waals surface area contributed by atoms with E-state index in [9.17, 15) is 28.3 Å². The second-order valence-electron chi connectivity index (χ2n) is 17.3. The SMILES string of the molecule is O=C1CC[C@H](N2Cc3cc(N4CCN(CC5CCN(c6ccc([C@@H]7c8ccc(O)cc8CC[C@@H]7C7CCC(F)(F)CC7)cc6)CC5)CC4)ccc3C2=O)C(=O)N1. The predicted octanol–water partition coefficient (Wildman–Crippen LogP) is 6.71. The molecule has 3 saturated heterocycles. The Bertz CT molecular complexity index is 1960. The van der Waals surface area contributed by atoms with Crippen LogP contribution in [-0.2, 0) is 22.6 Å². The summed E-state index contributed by atoms with van der Waals surface area (Å²) in [6.45, 7) is 7.39. The molecule has 3 aromatic rings. The lowest BCUT2D eigenvalue weighted by Gasteiger charge is -2.42. The van der Waals surface area contributed by atoms with Crippen LogP contribution in [0.25, 0.3) is 0 Å². The van der Waals surface area contributed by atoms with Gasteiger partial charge >= 0.3 is 0 Å². The van der Waals surface area contributed by atoms with Gasteiger partial charge in [-0.2, -0.15) is 0 Å². The Labute approximate surface area is 328 Å². The molecule has 4 aliphatic heterocycles. The van der Waals surface area contributed by atoms with E-state index in [0.717, 1.165) is 82.7 Å². The van der Waals surface area contributed by atoms with Crippen LogP contribution in [0.1, 0.15) is 96.3 Å². The molecule has 1 saturated carbocycles. The third-order valence-corrected chi connectivity index (χ3v) is 14.0. The molecule has 0 radical (unpaired) electrons. The summed E-state index contributed by atoms with van der Waals surface area (Å²) in [5, 5.41) is 12.6. The van der Waals surface area contributed by atoms with Gasteiger partial charge in [-0.05, 0) is 127 Å². The maximum atomic E-state index is 14.1. The number of phenolic OH excluding ortho intramolecular Hbond substituents is 1. The van der Waals surface area contributed by atoms with E-state index >= 15 is 0 Å². The van der Waals surface area contributed by atoms with E-state index < -0.39 is 12.0 Å². The molecular formula is C45H53F2N5O4. The van der Waals surface area contributed by atoms with Gasteiger partial charge in [0.15, 0.2) is 0 Å². The Morgan fingerprint density at radius 2 is 1.45 bits per heavy atom. The molecule has 2 N–H and O–H groups in total. The molecule has 56 heavy (non-hydrogen) atoms. The normalized spacial score (nSPS) is 26.3. The summed E-state index contributed by atoms with van der Waals surface area (Å²) < 4.78 is 28.3. The van der Waals surface area contributed by atoms with Crippen LogP contribution in [0, 0.1) is 17.8 Å². The number of carbonyl (C=O) groups is 3. The van der Waals surface area contributed by atoms with Crippen LogP contribution in [0.5, 0.6) is 5.75 Å². The van der Waals surface area contributed by atoms with Gasteiger partial charge in [0.25, 0.3) is 5.91 Å². The van der Waals surface area contributed by atoms with Crippen LogP contribution in [0.15, 0.2) is 60.7 Å². The number of amides is 3. The molecular weight excluding hydrogens is 713 g/mol. The fourth-order valence-electron chi connectivity index (χ4n) is 10.8. The highest BCUT2D eigenvalue weighted by Gasteiger charge is 2.43. The number of halogens is 2. The standard InChI is InChI=1S/C45H53F2N5O4/c46-45(47)17-13-30(14-18-45)37-8-3-32-26-36(53)7-10-38(32)42(37)31-1-4-34(5-2-31)50-19-15-29(16-20-50)27-49-21-23-51(24-22-49)35-6-9-39-33(25-35)28-52(44(39)56)40-11-12-41(54)48-43(40)55/h1-2,4-7,9-10,25-26,29-30,37,40,42,53H,3,8,11-24,27-28H2,(H,48,54,55)/t37-,40+,42+/m1/s1. The van der Waals surface area contributed by atoms with Crippen molar-refractivity contribution in [3.05, 3.63) is 88.5 Å². The van der Waals surface area contributed by atoms with E-state index in [4.69, 9.17) is 0 Å². The average Bonchev–Trinajstić information content (AvgIpc) is 3.53. The Hall–Kier alpha value is -4.51. The van der Waals surface area contributed by atoms with Crippen LogP contribution in [0.4, 0.5) is 20.2 Å². The number of imide groups is 1. The minimum atomic E-state index is -2.53. The molecule has 4 heterocycles. The Morgan fingerprint density at radius 3 is 2.18 bits per heavy atom. The lowest BCUT2D eigenvalue weighted by molar-refractivity contribution is -0.136. The van der Waals surface area contributed by atoms with Gasteiger partial charge in [-0.1, -0.05) is 18.2 Å². The average molecular weight is 766 g/mol. The summed E-state index contributed by atoms with van der Waals surface area (Å²) in [7, 11) is 0. The Kier molecular flexibility index (Phi) is 10.0. The first-order valence-electron chi connectivity index (χ1n) is 20.9. The first kappa shape index (κ1) is 37.1. The van der Waals surface area contributed by atoms with E-state index in [1.807, 2.05) is 18.2 Å². The summed E-state index contributed by atoms with van der Waals surface area (Å²) in [6, 6.07) is 20.2. The number of hydrogen-bond acceptors (Lipinski definition) is 7. The highest BCUT2D eigenvalue weighted by molar-refractivity contribution is 6.05. The van der Waals surface area contributed by atoms with E-state index in [-0.39, 0.29) is 54.6 Å². The van der Waals surface area contributed by atoms with Crippen LogP contribution < -0.4 is 15.1 Å². The van der Waals surface area contributed by atoms with E-state index in [1.54, 1.807) is 11.0 Å². The second-order valence-corrected chi connectivity index (χ2v) is 17.3. The van der Waals surface area contributed by atoms with Gasteiger partial charge in [-0.25, -0.2) is 8.78 Å². The third-order valence-electron chi connectivity index (χ3n) is 14.0. The summed E-state index contributed by atoms with van der Waals surface area (Å²) in [6.07, 6.45) is 5.91. The molecule has 0 unspecified atom stereocenters. The van der Waals surface area contributed by atoms with Crippen molar-refractivity contribution < 1.29 is 28.3 Å². The topological polar surface area (TPSA) is 96.4 Å². The van der Waals surface area contributed by atoms with Crippen LogP contribution in [0.2, 0.25) is 0 Å². The van der Waals surface area contributed by atoms with Gasteiger partial charge in [0.2, 0.25) is 17.7 Å². The summed E-state index contributed by atoms with van der Waals surface area (Å²) in [4.78, 5) is 46.4. The number of aryl methyl sites for hydroxylation is 1. The zero-order valence-electron chi connectivity index (χ0n) is 32.1. The number of piperazine rings is 1. The quantitative estimate of drug-likeness (QED) is 0.258. The number of piperidine rings is 2. The lowest BCUT2D eigenvalue weighted by Crippen LogP contribution is -2.52. The molecule has 296 valence electrons. The number of fused-ring (bicyclic) bond motifs is 2. The van der Waals surface area contributed by atoms with E-state index in [1.165, 1.54) is 22.4 Å². The predicted molar refractivity (Wildman–Crippen MR) is 211 cm³/mol. The van der Waals surface area contributed by atoms with Gasteiger partial charge in [0.1, 0.15) is 11.8 Å². The van der Waals surface area contributed by atoms with Crippen LogP contribution in [0.3, 0.4) is 0 Å². The molecule has 9 nitrogen and oxygen atoms in total. The molecule has 11 heteroatoms. The van der Waals surface area contributed by atoms with Crippen molar-refractivity contribution in [1.29, 1.82) is 0 Å². The fourth-order valence-corrected chi connectivity index (χ4v) is 10.8. The number of phenols is 1. The van der Waals surface area contributed by atoms with Gasteiger partial charge in [-0.3, -0.25) is 24.6 Å². The first-order chi connectivity index (χ1) is 27.1. The number of carbonyl (C=O) groups excluding carboxylic acids is 3. The summed E-state index contributed by atoms with van der Waals surface area (Å²) >= 11 is 0. The van der Waals surface area contributed by atoms with Crippen molar-refractivity contribution in [2.75, 3.05) is 55.6 Å². The molecule has 9 rings (SSSR count). The Balaban J connectivity index is 0.776. The maximum absolute atomic E-state index is 14.1. The van der Waals surface area contributed by atoms with Crippen molar-refractivity contribution in [2.45, 2.75) is 88.6 Å². The van der Waals surface area contributed by atoms with Crippen molar-refractivity contribution >= 4 is 29.1 Å². The maximum Gasteiger partial charge on any atom is 0.255 e. The molecule has 0 aromatic heterocycles. The number of nitrogens with zero attached hydrogens (tertiary/aromatic N) is 4. The summed E-state index contributed by atoms with van der Waals surface area (Å²) in [5.41, 5.74) is 7.62. The minimum Gasteiger partial charge on any atom is -0.508 e. The molecule has 3 aromatic carbocycles. The largest absolute Gasteiger partial charge is 0.508 e. The number of hydrogen-bond donors (Lipinski definition) is 2. The third kappa shape index (κ3) is 7.39. The monoisotopic (exact) mass is 765 g/mol. The first-order valence-corrected chi connectivity index (χ1v) is 20.9. The fraction of sp³-hybridized carbons (Fsp3) is 0.533. The molecule has 3 amide bonds. The number of nitrogens with one attached hydrogen (secondary N) is 1. The Morgan fingerprint density at radius 1 is 0.732 bits per heavy atom. The molecule has 2 aliphatic carbocycles. The van der Waals surface area contributed by atoms with Gasteiger partial charge in [0.05, 0.1) is 0 Å². The van der Waals surface area contributed by atoms with E-state index in [0.29, 0.717) is 43.2 Å². The van der Waals surface area contributed by atoms with Crippen molar-refractivity contribution in [3.8, 4) is 5.75 Å². The smallest absolute Gasteiger partial charge is 0.255 e. The van der Waals surface area contributed by atoms with Gasteiger partial charge in [-0.15, -0.1) is 0 Å². The minimum absolute atomic E-state index is 0.0102. The molecule has 0 spiro atoms. The zero-order valence-corrected chi connectivity index (χ0v) is 32.1. The number of rotatable bonds is 7. The van der Waals surface area contributed by atoms with Crippen molar-refractivity contribution in [1.82, 2.24) is 15.1 Å². The molecule has 4 fully saturated rings. The van der Waals surface area contributed by atoms with Gasteiger partial charge in [0, 0.05) is 94.5 Å². The van der Waals surface area contributed by atoms with Crippen LogP contribution >= 0.6 is 0 Å². The molecule has 0 bridgehead atoms. The zero-order chi connectivity index (χ0) is 38.6. The van der Waals surface area contributed by atoms with Gasteiger partial charge < -0.3 is 19.8 Å². The number of alkyl halides is 2. The van der Waals surface area contributed by atoms with E-state index in [2.05, 4.69) is 56.4 Å². The number of anilines is 2. The second kappa shape index (κ2) is 15.1. The molecule has 3 atom stereocenters. The molecule has 6 aliphatic rings. The summed E-state index contributed by atoms with van der Waals surface area (Å²) in [5.74, 6) is -1.62. The number of benzene rings is 3. The lowest BCUT2D eigenvalue weighted by atomic mass is 9.64. The van der Waals surface area contributed by atoms with Crippen molar-refractivity contribution in [2.24, 2.45) is 17.8 Å². The highest BCUT2D eigenvalue weighted by Crippen LogP contribution is 2.50. The number of aromatic hydroxyl groups is 1. The highest BCUT2D eigenvalue weighted by atomic mass is 19.3. The van der Waals surface area contributed by atoms with Crippen molar-refractivity contribution in [3.63, 3.8) is 0 Å². The van der Waals surface area contributed by atoms with Crippen LogP contribution in [-0.4, -0.2) is 90.4 Å².